The molecule has 0 bridgehead atoms. The highest BCUT2D eigenvalue weighted by molar-refractivity contribution is 5.94. The van der Waals surface area contributed by atoms with Gasteiger partial charge in [0.2, 0.25) is 11.8 Å². The predicted octanol–water partition coefficient (Wildman–Crippen LogP) is 1.08. The molecule has 0 aliphatic heterocycles. The van der Waals surface area contributed by atoms with Gasteiger partial charge >= 0.3 is 0 Å². The number of carbonyl (C=O) groups is 2. The van der Waals surface area contributed by atoms with Crippen molar-refractivity contribution in [3.05, 3.63) is 30.3 Å². The van der Waals surface area contributed by atoms with Crippen LogP contribution < -0.4 is 10.6 Å². The smallest absolute Gasteiger partial charge is 0.243 e. The van der Waals surface area contributed by atoms with Gasteiger partial charge in [-0.05, 0) is 18.7 Å². The minimum Gasteiger partial charge on any atom is -0.336 e. The van der Waals surface area contributed by atoms with Crippen molar-refractivity contribution in [3.63, 3.8) is 0 Å². The number of carbonyl (C=O) groups excluding carboxylic acids is 2. The lowest BCUT2D eigenvalue weighted by Crippen LogP contribution is -2.36. The van der Waals surface area contributed by atoms with Crippen LogP contribution in [0.2, 0.25) is 0 Å². The summed E-state index contributed by atoms with van der Waals surface area (Å²) in [6, 6.07) is 9.20. The molecule has 5 nitrogen and oxygen atoms in total. The van der Waals surface area contributed by atoms with Gasteiger partial charge in [0, 0.05) is 25.7 Å². The third-order valence-electron chi connectivity index (χ3n) is 2.63. The van der Waals surface area contributed by atoms with Crippen LogP contribution in [0.1, 0.15) is 13.3 Å². The molecular weight excluding hydrogens is 242 g/mol. The Kier molecular flexibility index (Phi) is 6.60. The molecule has 0 aliphatic carbocycles. The van der Waals surface area contributed by atoms with Crippen molar-refractivity contribution >= 4 is 17.5 Å². The average molecular weight is 263 g/mol. The number of benzene rings is 1. The Morgan fingerprint density at radius 2 is 1.89 bits per heavy atom. The summed E-state index contributed by atoms with van der Waals surface area (Å²) in [4.78, 5) is 24.9. The second kappa shape index (κ2) is 8.26. The lowest BCUT2D eigenvalue weighted by atomic mass is 10.3. The fraction of sp³-hybridized carbons (Fsp3) is 0.429. The molecule has 0 saturated heterocycles. The van der Waals surface area contributed by atoms with E-state index in [4.69, 9.17) is 0 Å². The number of rotatable bonds is 7. The van der Waals surface area contributed by atoms with Gasteiger partial charge < -0.3 is 15.5 Å². The number of nitrogens with zero attached hydrogens (tertiary/aromatic N) is 1. The van der Waals surface area contributed by atoms with E-state index in [-0.39, 0.29) is 18.4 Å². The molecule has 0 aromatic heterocycles. The summed E-state index contributed by atoms with van der Waals surface area (Å²) < 4.78 is 0. The van der Waals surface area contributed by atoms with Crippen LogP contribution in [-0.4, -0.2) is 43.4 Å². The lowest BCUT2D eigenvalue weighted by molar-refractivity contribution is -0.133. The van der Waals surface area contributed by atoms with Crippen LogP contribution in [0.4, 0.5) is 5.69 Å². The summed E-state index contributed by atoms with van der Waals surface area (Å²) in [6.45, 7) is 3.53. The number of hydrogen-bond donors (Lipinski definition) is 2. The highest BCUT2D eigenvalue weighted by atomic mass is 16.2. The molecular formula is C14H21N3O2. The van der Waals surface area contributed by atoms with E-state index in [0.717, 1.165) is 12.2 Å². The van der Waals surface area contributed by atoms with Gasteiger partial charge in [0.1, 0.15) is 0 Å². The minimum absolute atomic E-state index is 0.0378. The second-order valence-electron chi connectivity index (χ2n) is 4.27. The molecule has 0 fully saturated rings. The molecule has 1 aromatic carbocycles. The summed E-state index contributed by atoms with van der Waals surface area (Å²) in [6.07, 6.45) is 0.406. The van der Waals surface area contributed by atoms with E-state index in [9.17, 15) is 9.59 Å². The highest BCUT2D eigenvalue weighted by Gasteiger charge is 2.12. The topological polar surface area (TPSA) is 61.4 Å². The zero-order valence-corrected chi connectivity index (χ0v) is 11.5. The van der Waals surface area contributed by atoms with Gasteiger partial charge in [-0.25, -0.2) is 0 Å². The molecule has 1 aromatic rings. The maximum atomic E-state index is 11.7. The van der Waals surface area contributed by atoms with E-state index in [1.807, 2.05) is 37.3 Å². The number of amides is 2. The van der Waals surface area contributed by atoms with Crippen LogP contribution in [0.5, 0.6) is 0 Å². The first-order chi connectivity index (χ1) is 9.13. The molecule has 5 heteroatoms. The van der Waals surface area contributed by atoms with Crippen LogP contribution in [0.15, 0.2) is 30.3 Å². The standard InChI is InChI=1S/C14H21N3O2/c1-3-15-10-9-14(19)17(2)11-13(18)16-12-7-5-4-6-8-12/h4-8,15H,3,9-11H2,1-2H3,(H,16,18). The SMILES string of the molecule is CCNCCC(=O)N(C)CC(=O)Nc1ccccc1. The molecule has 0 atom stereocenters. The third kappa shape index (κ3) is 6.01. The number of likely N-dealkylation sites (N-methyl/N-ethyl adjacent to an activating group) is 1. The molecule has 2 amide bonds. The van der Waals surface area contributed by atoms with Crippen molar-refractivity contribution in [3.8, 4) is 0 Å². The van der Waals surface area contributed by atoms with E-state index < -0.39 is 0 Å². The molecule has 0 heterocycles. The fourth-order valence-electron chi connectivity index (χ4n) is 1.59. The number of nitrogens with one attached hydrogen (secondary N) is 2. The van der Waals surface area contributed by atoms with Crippen LogP contribution in [0.3, 0.4) is 0 Å². The normalized spacial score (nSPS) is 10.0. The maximum absolute atomic E-state index is 11.7. The predicted molar refractivity (Wildman–Crippen MR) is 75.9 cm³/mol. The zero-order valence-electron chi connectivity index (χ0n) is 11.5. The summed E-state index contributed by atoms with van der Waals surface area (Å²) in [5.41, 5.74) is 0.737. The first kappa shape index (κ1) is 15.2. The minimum atomic E-state index is -0.189. The Morgan fingerprint density at radius 3 is 2.53 bits per heavy atom. The van der Waals surface area contributed by atoms with Gasteiger partial charge in [-0.2, -0.15) is 0 Å². The van der Waals surface area contributed by atoms with E-state index >= 15 is 0 Å². The highest BCUT2D eigenvalue weighted by Crippen LogP contribution is 2.04. The van der Waals surface area contributed by atoms with E-state index in [1.165, 1.54) is 4.90 Å². The van der Waals surface area contributed by atoms with Gasteiger partial charge in [-0.3, -0.25) is 9.59 Å². The molecule has 0 saturated carbocycles. The van der Waals surface area contributed by atoms with Crippen LogP contribution in [0, 0.1) is 0 Å². The molecule has 2 N–H and O–H groups in total. The van der Waals surface area contributed by atoms with Crippen LogP contribution in [0.25, 0.3) is 0 Å². The van der Waals surface area contributed by atoms with Gasteiger partial charge in [0.15, 0.2) is 0 Å². The van der Waals surface area contributed by atoms with E-state index in [0.29, 0.717) is 13.0 Å². The Balaban J connectivity index is 2.33. The monoisotopic (exact) mass is 263 g/mol. The van der Waals surface area contributed by atoms with Gasteiger partial charge in [-0.1, -0.05) is 25.1 Å². The summed E-state index contributed by atoms with van der Waals surface area (Å²) in [7, 11) is 1.64. The molecule has 1 rings (SSSR count). The molecule has 19 heavy (non-hydrogen) atoms. The second-order valence-corrected chi connectivity index (χ2v) is 4.27. The first-order valence-corrected chi connectivity index (χ1v) is 6.43. The molecule has 0 spiro atoms. The van der Waals surface area contributed by atoms with Gasteiger partial charge in [-0.15, -0.1) is 0 Å². The molecule has 104 valence electrons. The quantitative estimate of drug-likeness (QED) is 0.724. The van der Waals surface area contributed by atoms with Crippen molar-refractivity contribution in [1.82, 2.24) is 10.2 Å². The summed E-state index contributed by atoms with van der Waals surface area (Å²) in [5, 5.41) is 5.83. The van der Waals surface area contributed by atoms with Gasteiger partial charge in [0.25, 0.3) is 0 Å². The first-order valence-electron chi connectivity index (χ1n) is 6.43. The van der Waals surface area contributed by atoms with Gasteiger partial charge in [0.05, 0.1) is 6.54 Å². The maximum Gasteiger partial charge on any atom is 0.243 e. The van der Waals surface area contributed by atoms with Crippen molar-refractivity contribution in [2.45, 2.75) is 13.3 Å². The Hall–Kier alpha value is -1.88. The van der Waals surface area contributed by atoms with Crippen molar-refractivity contribution in [2.75, 3.05) is 32.0 Å². The van der Waals surface area contributed by atoms with E-state index in [1.54, 1.807) is 7.05 Å². The van der Waals surface area contributed by atoms with Crippen LogP contribution >= 0.6 is 0 Å². The van der Waals surface area contributed by atoms with Crippen molar-refractivity contribution in [2.24, 2.45) is 0 Å². The molecule has 0 unspecified atom stereocenters. The average Bonchev–Trinajstić information content (AvgIpc) is 2.39. The molecule has 0 radical (unpaired) electrons. The Morgan fingerprint density at radius 1 is 1.21 bits per heavy atom. The third-order valence-corrected chi connectivity index (χ3v) is 2.63. The summed E-state index contributed by atoms with van der Waals surface area (Å²) in [5.74, 6) is -0.227. The zero-order chi connectivity index (χ0) is 14.1. The number of para-hydroxylation sites is 1. The Bertz CT molecular complexity index is 406. The lowest BCUT2D eigenvalue weighted by Gasteiger charge is -2.16. The molecule has 0 aliphatic rings. The van der Waals surface area contributed by atoms with Crippen LogP contribution in [-0.2, 0) is 9.59 Å². The summed E-state index contributed by atoms with van der Waals surface area (Å²) >= 11 is 0. The van der Waals surface area contributed by atoms with Crippen molar-refractivity contribution in [1.29, 1.82) is 0 Å². The number of anilines is 1. The largest absolute Gasteiger partial charge is 0.336 e. The fourth-order valence-corrected chi connectivity index (χ4v) is 1.59. The Labute approximate surface area is 114 Å². The number of hydrogen-bond acceptors (Lipinski definition) is 3. The van der Waals surface area contributed by atoms with Crippen molar-refractivity contribution < 1.29 is 9.59 Å². The van der Waals surface area contributed by atoms with E-state index in [2.05, 4.69) is 10.6 Å².